The first-order valence-corrected chi connectivity index (χ1v) is 9.62. The number of morpholine rings is 1. The highest BCUT2D eigenvalue weighted by atomic mass is 19.4. The molecule has 0 aromatic heterocycles. The fraction of sp³-hybridized carbons (Fsp3) is 0.333. The number of ether oxygens (including phenoxy) is 3. The Kier molecular flexibility index (Phi) is 5.73. The van der Waals surface area contributed by atoms with E-state index in [0.29, 0.717) is 37.7 Å². The number of halogens is 3. The van der Waals surface area contributed by atoms with Crippen molar-refractivity contribution >= 4 is 17.5 Å². The van der Waals surface area contributed by atoms with Crippen LogP contribution in [0.3, 0.4) is 0 Å². The zero-order valence-corrected chi connectivity index (χ0v) is 16.3. The van der Waals surface area contributed by atoms with Crippen LogP contribution in [0.5, 0.6) is 11.5 Å². The van der Waals surface area contributed by atoms with E-state index in [4.69, 9.17) is 9.47 Å². The Balaban J connectivity index is 1.57. The zero-order valence-electron chi connectivity index (χ0n) is 16.3. The van der Waals surface area contributed by atoms with Gasteiger partial charge in [0.05, 0.1) is 25.4 Å². The van der Waals surface area contributed by atoms with Gasteiger partial charge in [-0.3, -0.25) is 9.59 Å². The monoisotopic (exact) mass is 436 g/mol. The van der Waals surface area contributed by atoms with E-state index in [0.717, 1.165) is 12.1 Å². The van der Waals surface area contributed by atoms with Crippen molar-refractivity contribution in [1.82, 2.24) is 4.90 Å². The molecule has 10 heteroatoms. The normalized spacial score (nSPS) is 18.7. The quantitative estimate of drug-likeness (QED) is 0.740. The molecule has 164 valence electrons. The van der Waals surface area contributed by atoms with E-state index in [2.05, 4.69) is 4.74 Å². The van der Waals surface area contributed by atoms with Gasteiger partial charge in [-0.1, -0.05) is 12.1 Å². The van der Waals surface area contributed by atoms with Gasteiger partial charge >= 0.3 is 6.36 Å². The fourth-order valence-electron chi connectivity index (χ4n) is 3.50. The van der Waals surface area contributed by atoms with E-state index >= 15 is 0 Å². The van der Waals surface area contributed by atoms with Gasteiger partial charge in [-0.05, 0) is 36.4 Å². The van der Waals surface area contributed by atoms with Crippen LogP contribution in [-0.2, 0) is 9.53 Å². The molecule has 2 aromatic rings. The molecule has 2 aliphatic rings. The van der Waals surface area contributed by atoms with Gasteiger partial charge in [0.1, 0.15) is 11.5 Å². The first-order chi connectivity index (χ1) is 14.8. The van der Waals surface area contributed by atoms with E-state index in [1.807, 2.05) is 0 Å². The minimum Gasteiger partial charge on any atom is -0.476 e. The van der Waals surface area contributed by atoms with E-state index in [1.165, 1.54) is 17.0 Å². The average molecular weight is 436 g/mol. The Hall–Kier alpha value is -3.27. The van der Waals surface area contributed by atoms with Crippen molar-refractivity contribution < 1.29 is 37.0 Å². The number of anilines is 1. The van der Waals surface area contributed by atoms with Crippen LogP contribution in [0.4, 0.5) is 18.9 Å². The van der Waals surface area contributed by atoms with E-state index in [9.17, 15) is 22.8 Å². The largest absolute Gasteiger partial charge is 0.573 e. The highest BCUT2D eigenvalue weighted by molar-refractivity contribution is 6.08. The summed E-state index contributed by atoms with van der Waals surface area (Å²) in [6.07, 6.45) is -5.72. The van der Waals surface area contributed by atoms with Gasteiger partial charge in [0.25, 0.3) is 11.8 Å². The number of alkyl halides is 3. The molecule has 0 unspecified atom stereocenters. The Labute approximate surface area is 175 Å². The van der Waals surface area contributed by atoms with Crippen molar-refractivity contribution in [3.05, 3.63) is 54.1 Å². The number of hydrogen-bond acceptors (Lipinski definition) is 5. The Bertz CT molecular complexity index is 958. The van der Waals surface area contributed by atoms with E-state index in [-0.39, 0.29) is 18.0 Å². The SMILES string of the molecule is O=C([C@H]1CN(C(=O)c2ccc(OC(F)(F)F)cc2)c2ccccc2O1)N1CCOCC1. The number of hydrogen-bond donors (Lipinski definition) is 0. The number of nitrogens with zero attached hydrogens (tertiary/aromatic N) is 2. The lowest BCUT2D eigenvalue weighted by molar-refractivity contribution is -0.274. The first-order valence-electron chi connectivity index (χ1n) is 9.62. The molecule has 1 fully saturated rings. The summed E-state index contributed by atoms with van der Waals surface area (Å²) < 4.78 is 52.1. The summed E-state index contributed by atoms with van der Waals surface area (Å²) in [7, 11) is 0. The van der Waals surface area contributed by atoms with E-state index in [1.54, 1.807) is 29.2 Å². The molecule has 0 radical (unpaired) electrons. The van der Waals surface area contributed by atoms with Crippen LogP contribution in [0.2, 0.25) is 0 Å². The van der Waals surface area contributed by atoms with Crippen LogP contribution in [0.15, 0.2) is 48.5 Å². The summed E-state index contributed by atoms with van der Waals surface area (Å²) in [4.78, 5) is 29.1. The predicted molar refractivity (Wildman–Crippen MR) is 103 cm³/mol. The molecular weight excluding hydrogens is 417 g/mol. The van der Waals surface area contributed by atoms with Crippen molar-refractivity contribution in [3.8, 4) is 11.5 Å². The van der Waals surface area contributed by atoms with Crippen LogP contribution in [0, 0.1) is 0 Å². The third-order valence-electron chi connectivity index (χ3n) is 4.95. The molecule has 0 bridgehead atoms. The third-order valence-corrected chi connectivity index (χ3v) is 4.95. The van der Waals surface area contributed by atoms with Gasteiger partial charge in [0, 0.05) is 18.7 Å². The van der Waals surface area contributed by atoms with E-state index < -0.39 is 24.1 Å². The van der Waals surface area contributed by atoms with Crippen molar-refractivity contribution in [2.45, 2.75) is 12.5 Å². The molecule has 7 nitrogen and oxygen atoms in total. The van der Waals surface area contributed by atoms with Gasteiger partial charge in [-0.2, -0.15) is 0 Å². The molecule has 0 saturated carbocycles. The lowest BCUT2D eigenvalue weighted by atomic mass is 10.1. The number of rotatable bonds is 3. The summed E-state index contributed by atoms with van der Waals surface area (Å²) in [6, 6.07) is 11.4. The molecule has 0 spiro atoms. The van der Waals surface area contributed by atoms with Gasteiger partial charge in [-0.25, -0.2) is 0 Å². The average Bonchev–Trinajstić information content (AvgIpc) is 2.77. The number of benzene rings is 2. The lowest BCUT2D eigenvalue weighted by Crippen LogP contribution is -2.54. The van der Waals surface area contributed by atoms with Crippen LogP contribution in [-0.4, -0.2) is 62.0 Å². The van der Waals surface area contributed by atoms with Crippen LogP contribution in [0.1, 0.15) is 10.4 Å². The second-order valence-electron chi connectivity index (χ2n) is 7.00. The third kappa shape index (κ3) is 4.74. The van der Waals surface area contributed by atoms with Crippen molar-refractivity contribution in [1.29, 1.82) is 0 Å². The first kappa shape index (κ1) is 21.0. The Morgan fingerprint density at radius 1 is 1.00 bits per heavy atom. The lowest BCUT2D eigenvalue weighted by Gasteiger charge is -2.37. The smallest absolute Gasteiger partial charge is 0.476 e. The molecule has 2 amide bonds. The summed E-state index contributed by atoms with van der Waals surface area (Å²) in [5.74, 6) is -0.754. The highest BCUT2D eigenvalue weighted by Crippen LogP contribution is 2.35. The molecule has 4 rings (SSSR count). The van der Waals surface area contributed by atoms with Crippen LogP contribution < -0.4 is 14.4 Å². The maximum absolute atomic E-state index is 13.2. The molecule has 1 saturated heterocycles. The maximum atomic E-state index is 13.2. The minimum absolute atomic E-state index is 0.0210. The molecule has 31 heavy (non-hydrogen) atoms. The number of fused-ring (bicyclic) bond motifs is 1. The number of carbonyl (C=O) groups is 2. The summed E-state index contributed by atoms with van der Waals surface area (Å²) >= 11 is 0. The topological polar surface area (TPSA) is 68.3 Å². The van der Waals surface area contributed by atoms with Gasteiger partial charge in [-0.15, -0.1) is 13.2 Å². The second-order valence-corrected chi connectivity index (χ2v) is 7.00. The van der Waals surface area contributed by atoms with Crippen molar-refractivity contribution in [2.24, 2.45) is 0 Å². The molecule has 0 N–H and O–H groups in total. The number of carbonyl (C=O) groups excluding carboxylic acids is 2. The predicted octanol–water partition coefficient (Wildman–Crippen LogP) is 2.85. The summed E-state index contributed by atoms with van der Waals surface area (Å²) in [6.45, 7) is 1.73. The molecule has 0 aliphatic carbocycles. The summed E-state index contributed by atoms with van der Waals surface area (Å²) in [5, 5.41) is 0. The van der Waals surface area contributed by atoms with Crippen LogP contribution in [0.25, 0.3) is 0 Å². The molecule has 1 atom stereocenters. The van der Waals surface area contributed by atoms with Crippen LogP contribution >= 0.6 is 0 Å². The second kappa shape index (κ2) is 8.46. The Morgan fingerprint density at radius 2 is 1.68 bits per heavy atom. The molecule has 2 aliphatic heterocycles. The standard InChI is InChI=1S/C21H19F3N2O5/c22-21(23,24)31-15-7-5-14(6-8-15)19(27)26-13-18(20(28)25-9-11-29-12-10-25)30-17-4-2-1-3-16(17)26/h1-8,18H,9-13H2/t18-/m1/s1. The fourth-order valence-corrected chi connectivity index (χ4v) is 3.50. The van der Waals surface area contributed by atoms with Crippen molar-refractivity contribution in [2.75, 3.05) is 37.7 Å². The number of para-hydroxylation sites is 2. The molecule has 2 aromatic carbocycles. The summed E-state index contributed by atoms with van der Waals surface area (Å²) in [5.41, 5.74) is 0.637. The number of amides is 2. The zero-order chi connectivity index (χ0) is 22.0. The Morgan fingerprint density at radius 3 is 2.35 bits per heavy atom. The van der Waals surface area contributed by atoms with Gasteiger partial charge in [0.15, 0.2) is 6.10 Å². The highest BCUT2D eigenvalue weighted by Gasteiger charge is 2.37. The molecular formula is C21H19F3N2O5. The van der Waals surface area contributed by atoms with Crippen molar-refractivity contribution in [3.63, 3.8) is 0 Å². The maximum Gasteiger partial charge on any atom is 0.573 e. The molecule has 2 heterocycles. The van der Waals surface area contributed by atoms with Gasteiger partial charge < -0.3 is 24.0 Å². The van der Waals surface area contributed by atoms with Gasteiger partial charge in [0.2, 0.25) is 0 Å². The minimum atomic E-state index is -4.82.